The van der Waals surface area contributed by atoms with Gasteiger partial charge in [-0.25, -0.2) is 0 Å². The van der Waals surface area contributed by atoms with Crippen molar-refractivity contribution in [3.05, 3.63) is 11.7 Å². The number of nitrogens with two attached hydrogens (primary N) is 1. The molecule has 18 heavy (non-hydrogen) atoms. The Labute approximate surface area is 105 Å². The summed E-state index contributed by atoms with van der Waals surface area (Å²) >= 11 is 0. The molecule has 7 heteroatoms. The summed E-state index contributed by atoms with van der Waals surface area (Å²) in [5, 5.41) is 6.51. The summed E-state index contributed by atoms with van der Waals surface area (Å²) < 4.78 is 10.2. The molecule has 0 aliphatic carbocycles. The van der Waals surface area contributed by atoms with Gasteiger partial charge in [0.25, 0.3) is 0 Å². The van der Waals surface area contributed by atoms with Gasteiger partial charge in [-0.2, -0.15) is 4.98 Å². The zero-order valence-electron chi connectivity index (χ0n) is 10.6. The van der Waals surface area contributed by atoms with Crippen LogP contribution < -0.4 is 11.1 Å². The van der Waals surface area contributed by atoms with Crippen LogP contribution in [0.15, 0.2) is 4.52 Å². The quantitative estimate of drug-likeness (QED) is 0.743. The third-order valence-corrected chi connectivity index (χ3v) is 3.23. The Morgan fingerprint density at radius 2 is 2.44 bits per heavy atom. The number of rotatable bonds is 4. The normalized spacial score (nSPS) is 27.4. The Morgan fingerprint density at radius 3 is 3.00 bits per heavy atom. The number of nitrogens with zero attached hydrogens (tertiary/aromatic N) is 2. The maximum absolute atomic E-state index is 12.0. The largest absolute Gasteiger partial charge is 0.379 e. The van der Waals surface area contributed by atoms with E-state index in [9.17, 15) is 4.79 Å². The first-order chi connectivity index (χ1) is 8.52. The van der Waals surface area contributed by atoms with Crippen LogP contribution in [-0.4, -0.2) is 41.8 Å². The minimum absolute atomic E-state index is 0.0938. The summed E-state index contributed by atoms with van der Waals surface area (Å²) in [4.78, 5) is 16.1. The number of aryl methyl sites for hydroxylation is 1. The van der Waals surface area contributed by atoms with Gasteiger partial charge in [0, 0.05) is 19.0 Å². The summed E-state index contributed by atoms with van der Waals surface area (Å²) in [5.74, 6) is 1.02. The zero-order valence-corrected chi connectivity index (χ0v) is 10.6. The molecule has 2 atom stereocenters. The van der Waals surface area contributed by atoms with Gasteiger partial charge in [-0.05, 0) is 13.8 Å². The van der Waals surface area contributed by atoms with E-state index >= 15 is 0 Å². The monoisotopic (exact) mass is 254 g/mol. The Kier molecular flexibility index (Phi) is 3.63. The highest BCUT2D eigenvalue weighted by Crippen LogP contribution is 2.26. The Morgan fingerprint density at radius 1 is 1.67 bits per heavy atom. The molecule has 0 radical (unpaired) electrons. The highest BCUT2D eigenvalue weighted by atomic mass is 16.5. The Bertz CT molecular complexity index is 434. The Balaban J connectivity index is 1.81. The van der Waals surface area contributed by atoms with E-state index in [0.717, 1.165) is 0 Å². The molecule has 1 fully saturated rings. The summed E-state index contributed by atoms with van der Waals surface area (Å²) in [6.07, 6.45) is 0.513. The fraction of sp³-hybridized carbons (Fsp3) is 0.727. The molecule has 0 bridgehead atoms. The van der Waals surface area contributed by atoms with Gasteiger partial charge in [-0.3, -0.25) is 4.79 Å². The Hall–Kier alpha value is -1.47. The van der Waals surface area contributed by atoms with Gasteiger partial charge in [0.05, 0.1) is 18.6 Å². The summed E-state index contributed by atoms with van der Waals surface area (Å²) in [6, 6.07) is -0.261. The minimum atomic E-state index is -0.648. The van der Waals surface area contributed by atoms with Gasteiger partial charge in [0.2, 0.25) is 11.8 Å². The molecule has 1 aromatic heterocycles. The van der Waals surface area contributed by atoms with Crippen molar-refractivity contribution >= 4 is 5.91 Å². The van der Waals surface area contributed by atoms with E-state index in [4.69, 9.17) is 15.0 Å². The van der Waals surface area contributed by atoms with E-state index in [0.29, 0.717) is 37.9 Å². The number of carbonyl (C=O) groups excluding carboxylic acids is 1. The first kappa shape index (κ1) is 13.0. The average Bonchev–Trinajstić information content (AvgIpc) is 2.88. The lowest BCUT2D eigenvalue weighted by atomic mass is 9.85. The highest BCUT2D eigenvalue weighted by Gasteiger charge is 2.44. The van der Waals surface area contributed by atoms with E-state index in [2.05, 4.69) is 15.5 Å². The lowest BCUT2D eigenvalue weighted by Gasteiger charge is -2.25. The maximum Gasteiger partial charge on any atom is 0.229 e. The van der Waals surface area contributed by atoms with E-state index in [1.54, 1.807) is 6.92 Å². The lowest BCUT2D eigenvalue weighted by molar-refractivity contribution is -0.130. The standard InChI is InChI=1S/C11H18N4O3/c1-7-14-9(18-15-7)3-4-13-10(16)11(2)6-17-5-8(11)12/h8H,3-6,12H2,1-2H3,(H,13,16). The molecule has 1 saturated heterocycles. The molecule has 100 valence electrons. The zero-order chi connectivity index (χ0) is 13.2. The number of hydrogen-bond donors (Lipinski definition) is 2. The molecule has 7 nitrogen and oxygen atoms in total. The smallest absolute Gasteiger partial charge is 0.229 e. The maximum atomic E-state index is 12.0. The van der Waals surface area contributed by atoms with Crippen molar-refractivity contribution in [2.24, 2.45) is 11.1 Å². The lowest BCUT2D eigenvalue weighted by Crippen LogP contribution is -2.50. The van der Waals surface area contributed by atoms with Gasteiger partial charge < -0.3 is 20.3 Å². The van der Waals surface area contributed by atoms with Crippen LogP contribution in [0.3, 0.4) is 0 Å². The molecular weight excluding hydrogens is 236 g/mol. The molecule has 1 aliphatic heterocycles. The van der Waals surface area contributed by atoms with E-state index in [-0.39, 0.29) is 11.9 Å². The van der Waals surface area contributed by atoms with E-state index < -0.39 is 5.41 Å². The summed E-state index contributed by atoms with van der Waals surface area (Å²) in [7, 11) is 0. The summed E-state index contributed by atoms with van der Waals surface area (Å²) in [6.45, 7) is 4.80. The topological polar surface area (TPSA) is 103 Å². The predicted octanol–water partition coefficient (Wildman–Crippen LogP) is -0.599. The number of aromatic nitrogens is 2. The third kappa shape index (κ3) is 2.51. The average molecular weight is 254 g/mol. The van der Waals surface area contributed by atoms with Crippen molar-refractivity contribution in [1.82, 2.24) is 15.5 Å². The number of ether oxygens (including phenoxy) is 1. The molecule has 2 unspecified atom stereocenters. The molecule has 2 rings (SSSR count). The number of nitrogens with one attached hydrogen (secondary N) is 1. The van der Waals surface area contributed by atoms with E-state index in [1.165, 1.54) is 0 Å². The first-order valence-corrected chi connectivity index (χ1v) is 5.93. The predicted molar refractivity (Wildman–Crippen MR) is 62.7 cm³/mol. The fourth-order valence-electron chi connectivity index (χ4n) is 1.85. The second-order valence-corrected chi connectivity index (χ2v) is 4.78. The number of hydrogen-bond acceptors (Lipinski definition) is 6. The van der Waals surface area contributed by atoms with Gasteiger partial charge in [-0.15, -0.1) is 0 Å². The van der Waals surface area contributed by atoms with Crippen molar-refractivity contribution in [1.29, 1.82) is 0 Å². The molecule has 0 spiro atoms. The summed E-state index contributed by atoms with van der Waals surface area (Å²) in [5.41, 5.74) is 5.23. The molecule has 0 saturated carbocycles. The third-order valence-electron chi connectivity index (χ3n) is 3.23. The van der Waals surface area contributed by atoms with Crippen LogP contribution >= 0.6 is 0 Å². The molecule has 3 N–H and O–H groups in total. The van der Waals surface area contributed by atoms with Crippen LogP contribution in [-0.2, 0) is 16.0 Å². The molecule has 1 aromatic rings. The van der Waals surface area contributed by atoms with Crippen LogP contribution in [0.4, 0.5) is 0 Å². The SMILES string of the molecule is Cc1noc(CCNC(=O)C2(C)COCC2N)n1. The molecular formula is C11H18N4O3. The molecule has 0 aromatic carbocycles. The van der Waals surface area contributed by atoms with Crippen molar-refractivity contribution in [2.75, 3.05) is 19.8 Å². The van der Waals surface area contributed by atoms with Crippen LogP contribution in [0, 0.1) is 12.3 Å². The molecule has 2 heterocycles. The second kappa shape index (κ2) is 5.03. The van der Waals surface area contributed by atoms with Crippen molar-refractivity contribution < 1.29 is 14.1 Å². The number of amides is 1. The molecule has 1 aliphatic rings. The first-order valence-electron chi connectivity index (χ1n) is 5.93. The van der Waals surface area contributed by atoms with Crippen LogP contribution in [0.25, 0.3) is 0 Å². The van der Waals surface area contributed by atoms with Gasteiger partial charge in [0.15, 0.2) is 5.82 Å². The number of carbonyl (C=O) groups is 1. The van der Waals surface area contributed by atoms with Gasteiger partial charge in [-0.1, -0.05) is 5.16 Å². The van der Waals surface area contributed by atoms with Gasteiger partial charge in [0.1, 0.15) is 0 Å². The van der Waals surface area contributed by atoms with Crippen LogP contribution in [0.2, 0.25) is 0 Å². The van der Waals surface area contributed by atoms with Crippen LogP contribution in [0.5, 0.6) is 0 Å². The minimum Gasteiger partial charge on any atom is -0.379 e. The highest BCUT2D eigenvalue weighted by molar-refractivity contribution is 5.83. The van der Waals surface area contributed by atoms with Crippen molar-refractivity contribution in [2.45, 2.75) is 26.3 Å². The van der Waals surface area contributed by atoms with E-state index in [1.807, 2.05) is 6.92 Å². The second-order valence-electron chi connectivity index (χ2n) is 4.78. The van der Waals surface area contributed by atoms with Crippen LogP contribution in [0.1, 0.15) is 18.6 Å². The van der Waals surface area contributed by atoms with Crippen molar-refractivity contribution in [3.8, 4) is 0 Å². The van der Waals surface area contributed by atoms with Gasteiger partial charge >= 0.3 is 0 Å². The fourth-order valence-corrected chi connectivity index (χ4v) is 1.85. The van der Waals surface area contributed by atoms with Crippen molar-refractivity contribution in [3.63, 3.8) is 0 Å². The molecule has 1 amide bonds.